The standard InChI is InChI=1S/C26H26ClN5O2/c1-16-6-8-19(24-28-10-4-11-29-24)20(13-16)25(33)32-12-3-5-17(2)22(32)15-30-26-31-21-14-18(27)7-9-23(21)34-26/h4,6-11,13-14,17,22H,3,5,12,15H2,1-2H3,(H,30,31)/t17?,22-/m1/s1. The molecule has 1 amide bonds. The van der Waals surface area contributed by atoms with E-state index in [1.165, 1.54) is 0 Å². The first-order valence-corrected chi connectivity index (χ1v) is 11.9. The highest BCUT2D eigenvalue weighted by Crippen LogP contribution is 2.29. The van der Waals surface area contributed by atoms with E-state index in [1.807, 2.05) is 30.0 Å². The topological polar surface area (TPSA) is 84.2 Å². The number of nitrogens with one attached hydrogen (secondary N) is 1. The predicted octanol–water partition coefficient (Wildman–Crippen LogP) is 5.60. The fourth-order valence-electron chi connectivity index (χ4n) is 4.60. The van der Waals surface area contributed by atoms with Gasteiger partial charge in [-0.25, -0.2) is 9.97 Å². The van der Waals surface area contributed by atoms with Gasteiger partial charge in [-0.2, -0.15) is 4.98 Å². The number of fused-ring (bicyclic) bond motifs is 1. The number of carbonyl (C=O) groups excluding carboxylic acids is 1. The Morgan fingerprint density at radius 3 is 2.85 bits per heavy atom. The number of amides is 1. The fraction of sp³-hybridized carbons (Fsp3) is 0.308. The minimum Gasteiger partial charge on any atom is -0.424 e. The summed E-state index contributed by atoms with van der Waals surface area (Å²) < 4.78 is 5.82. The lowest BCUT2D eigenvalue weighted by Gasteiger charge is -2.40. The molecule has 1 saturated heterocycles. The van der Waals surface area contributed by atoms with Crippen LogP contribution < -0.4 is 5.32 Å². The monoisotopic (exact) mass is 475 g/mol. The third kappa shape index (κ3) is 4.48. The van der Waals surface area contributed by atoms with Crippen LogP contribution in [0.2, 0.25) is 5.02 Å². The van der Waals surface area contributed by atoms with Gasteiger partial charge < -0.3 is 14.6 Å². The first kappa shape index (κ1) is 22.3. The highest BCUT2D eigenvalue weighted by molar-refractivity contribution is 6.31. The average molecular weight is 476 g/mol. The second-order valence-electron chi connectivity index (χ2n) is 8.82. The summed E-state index contributed by atoms with van der Waals surface area (Å²) in [4.78, 5) is 29.1. The van der Waals surface area contributed by atoms with Crippen molar-refractivity contribution in [2.24, 2.45) is 5.92 Å². The number of hydrogen-bond acceptors (Lipinski definition) is 6. The van der Waals surface area contributed by atoms with E-state index in [0.29, 0.717) is 52.5 Å². The van der Waals surface area contributed by atoms with Crippen molar-refractivity contribution in [3.05, 3.63) is 71.0 Å². The van der Waals surface area contributed by atoms with Crippen LogP contribution in [0.4, 0.5) is 6.01 Å². The molecule has 1 fully saturated rings. The molecule has 1 aliphatic rings. The highest BCUT2D eigenvalue weighted by atomic mass is 35.5. The molecule has 0 aliphatic carbocycles. The van der Waals surface area contributed by atoms with Crippen molar-refractivity contribution in [3.63, 3.8) is 0 Å². The van der Waals surface area contributed by atoms with Crippen LogP contribution in [0.25, 0.3) is 22.5 Å². The van der Waals surface area contributed by atoms with Crippen LogP contribution in [-0.2, 0) is 0 Å². The molecule has 7 nitrogen and oxygen atoms in total. The number of halogens is 1. The Morgan fingerprint density at radius 1 is 1.21 bits per heavy atom. The second kappa shape index (κ2) is 9.43. The molecule has 0 bridgehead atoms. The third-order valence-electron chi connectivity index (χ3n) is 6.40. The van der Waals surface area contributed by atoms with Crippen molar-refractivity contribution < 1.29 is 9.21 Å². The number of oxazole rings is 1. The number of anilines is 1. The Labute approximate surface area is 203 Å². The summed E-state index contributed by atoms with van der Waals surface area (Å²) in [5, 5.41) is 3.92. The van der Waals surface area contributed by atoms with Crippen LogP contribution in [0.1, 0.15) is 35.7 Å². The molecule has 4 aromatic rings. The molecule has 174 valence electrons. The van der Waals surface area contributed by atoms with Gasteiger partial charge in [0.05, 0.1) is 11.6 Å². The maximum absolute atomic E-state index is 13.9. The van der Waals surface area contributed by atoms with Gasteiger partial charge in [-0.3, -0.25) is 4.79 Å². The van der Waals surface area contributed by atoms with Gasteiger partial charge in [-0.15, -0.1) is 0 Å². The molecule has 1 N–H and O–H groups in total. The van der Waals surface area contributed by atoms with Crippen LogP contribution in [0.15, 0.2) is 59.3 Å². The molecule has 0 radical (unpaired) electrons. The van der Waals surface area contributed by atoms with E-state index in [1.54, 1.807) is 36.7 Å². The minimum atomic E-state index is -0.00935. The first-order valence-electron chi connectivity index (χ1n) is 11.5. The number of rotatable bonds is 5. The summed E-state index contributed by atoms with van der Waals surface area (Å²) in [6.07, 6.45) is 5.41. The Balaban J connectivity index is 1.41. The number of aromatic nitrogens is 3. The lowest BCUT2D eigenvalue weighted by Crippen LogP contribution is -2.51. The summed E-state index contributed by atoms with van der Waals surface area (Å²) in [5.74, 6) is 0.870. The summed E-state index contributed by atoms with van der Waals surface area (Å²) >= 11 is 6.07. The van der Waals surface area contributed by atoms with E-state index < -0.39 is 0 Å². The number of benzene rings is 2. The SMILES string of the molecule is Cc1ccc(-c2ncccn2)c(C(=O)N2CCCC(C)[C@H]2CNc2nc3cc(Cl)ccc3o2)c1. The van der Waals surface area contributed by atoms with E-state index in [9.17, 15) is 4.79 Å². The highest BCUT2D eigenvalue weighted by Gasteiger charge is 2.33. The molecule has 3 heterocycles. The molecular weight excluding hydrogens is 450 g/mol. The van der Waals surface area contributed by atoms with Crippen LogP contribution >= 0.6 is 11.6 Å². The maximum Gasteiger partial charge on any atom is 0.295 e. The van der Waals surface area contributed by atoms with Crippen molar-refractivity contribution in [3.8, 4) is 11.4 Å². The smallest absolute Gasteiger partial charge is 0.295 e. The maximum atomic E-state index is 13.9. The lowest BCUT2D eigenvalue weighted by atomic mass is 9.89. The summed E-state index contributed by atoms with van der Waals surface area (Å²) in [7, 11) is 0. The van der Waals surface area contributed by atoms with Gasteiger partial charge >= 0.3 is 0 Å². The van der Waals surface area contributed by atoms with Gasteiger partial charge in [0.15, 0.2) is 11.4 Å². The van der Waals surface area contributed by atoms with Crippen molar-refractivity contribution in [1.29, 1.82) is 0 Å². The van der Waals surface area contributed by atoms with Gasteiger partial charge in [0.25, 0.3) is 11.9 Å². The first-order chi connectivity index (χ1) is 16.5. The average Bonchev–Trinajstić information content (AvgIpc) is 3.25. The predicted molar refractivity (Wildman–Crippen MR) is 133 cm³/mol. The van der Waals surface area contributed by atoms with Crippen LogP contribution in [-0.4, -0.2) is 44.9 Å². The molecule has 8 heteroatoms. The van der Waals surface area contributed by atoms with E-state index >= 15 is 0 Å². The molecule has 34 heavy (non-hydrogen) atoms. The number of carbonyl (C=O) groups is 1. The van der Waals surface area contributed by atoms with Gasteiger partial charge in [0.1, 0.15) is 5.52 Å². The van der Waals surface area contributed by atoms with Gasteiger partial charge in [-0.05, 0) is 56.0 Å². The Kier molecular flexibility index (Phi) is 6.20. The second-order valence-corrected chi connectivity index (χ2v) is 9.26. The van der Waals surface area contributed by atoms with Crippen molar-refractivity contribution in [2.45, 2.75) is 32.7 Å². The molecule has 1 aliphatic heterocycles. The number of hydrogen-bond donors (Lipinski definition) is 1. The zero-order valence-electron chi connectivity index (χ0n) is 19.2. The molecule has 2 atom stereocenters. The van der Waals surface area contributed by atoms with E-state index in [-0.39, 0.29) is 11.9 Å². The van der Waals surface area contributed by atoms with Gasteiger partial charge in [-0.1, -0.05) is 36.2 Å². The molecular formula is C26H26ClN5O2. The lowest BCUT2D eigenvalue weighted by molar-refractivity contribution is 0.0540. The van der Waals surface area contributed by atoms with E-state index in [0.717, 1.165) is 24.0 Å². The molecule has 1 unspecified atom stereocenters. The van der Waals surface area contributed by atoms with E-state index in [2.05, 4.69) is 27.2 Å². The summed E-state index contributed by atoms with van der Waals surface area (Å²) in [5.41, 5.74) is 3.77. The molecule has 2 aromatic heterocycles. The minimum absolute atomic E-state index is 0.00569. The van der Waals surface area contributed by atoms with Crippen molar-refractivity contribution in [2.75, 3.05) is 18.4 Å². The molecule has 0 saturated carbocycles. The quantitative estimate of drug-likeness (QED) is 0.404. The molecule has 5 rings (SSSR count). The normalized spacial score (nSPS) is 18.3. The van der Waals surface area contributed by atoms with Gasteiger partial charge in [0, 0.05) is 36.1 Å². The van der Waals surface area contributed by atoms with Crippen LogP contribution in [0, 0.1) is 12.8 Å². The fourth-order valence-corrected chi connectivity index (χ4v) is 4.77. The number of likely N-dealkylation sites (tertiary alicyclic amines) is 1. The Morgan fingerprint density at radius 2 is 2.03 bits per heavy atom. The van der Waals surface area contributed by atoms with Crippen LogP contribution in [0.5, 0.6) is 0 Å². The van der Waals surface area contributed by atoms with Crippen molar-refractivity contribution >= 4 is 34.6 Å². The third-order valence-corrected chi connectivity index (χ3v) is 6.64. The van der Waals surface area contributed by atoms with Crippen LogP contribution in [0.3, 0.4) is 0 Å². The van der Waals surface area contributed by atoms with Gasteiger partial charge in [0.2, 0.25) is 0 Å². The molecule has 0 spiro atoms. The number of piperidine rings is 1. The zero-order valence-corrected chi connectivity index (χ0v) is 19.9. The Hall–Kier alpha value is -3.45. The van der Waals surface area contributed by atoms with E-state index in [4.69, 9.17) is 16.0 Å². The number of aryl methyl sites for hydroxylation is 1. The summed E-state index contributed by atoms with van der Waals surface area (Å²) in [6, 6.07) is 13.4. The van der Waals surface area contributed by atoms with Crippen molar-refractivity contribution in [1.82, 2.24) is 19.9 Å². The zero-order chi connectivity index (χ0) is 23.7. The Bertz CT molecular complexity index is 1320. The molecule has 2 aromatic carbocycles. The number of nitrogens with zero attached hydrogens (tertiary/aromatic N) is 4. The summed E-state index contributed by atoms with van der Waals surface area (Å²) in [6.45, 7) is 5.41. The largest absolute Gasteiger partial charge is 0.424 e.